The highest BCUT2D eigenvalue weighted by atomic mass is 31.2. The number of carbonyl (C=O) groups is 4. The Morgan fingerprint density at radius 1 is 0.281 bits per heavy atom. The molecule has 19 heteroatoms. The van der Waals surface area contributed by atoms with Crippen molar-refractivity contribution >= 4 is 39.5 Å². The van der Waals surface area contributed by atoms with E-state index in [0.29, 0.717) is 25.7 Å². The molecule has 570 valence electrons. The molecule has 0 heterocycles. The number of aliphatic hydroxyl groups excluding tert-OH is 1. The largest absolute Gasteiger partial charge is 0.472 e. The minimum absolute atomic E-state index is 0.108. The molecule has 0 aliphatic carbocycles. The third kappa shape index (κ3) is 70.5. The standard InChI is InChI=1S/C77H150O17P2/c1-7-9-11-13-15-17-18-19-25-30-37-43-49-55-61-76(81)93-72(65-87-74(79)59-53-47-41-33-16-14-12-10-8-2)67-91-95(83,84)89-63-71(78)64-90-96(85,86)92-68-73(66-88-75(80)60-54-48-42-36-32-27-29-35-40-46-52-58-70(5)6)94-77(82)62-56-50-44-38-31-26-23-21-20-22-24-28-34-39-45-51-57-69(3)4/h69-73,78H,7-68H2,1-6H3,(H,83,84)(H,85,86)/t71-,72+,73+/m0/s1. The number of esters is 4. The zero-order valence-corrected chi connectivity index (χ0v) is 64.5. The van der Waals surface area contributed by atoms with E-state index in [9.17, 15) is 43.2 Å². The van der Waals surface area contributed by atoms with E-state index >= 15 is 0 Å². The van der Waals surface area contributed by atoms with Gasteiger partial charge in [0.15, 0.2) is 12.2 Å². The molecule has 0 rings (SSSR count). The number of ether oxygens (including phenoxy) is 4. The van der Waals surface area contributed by atoms with Crippen LogP contribution in [0.25, 0.3) is 0 Å². The number of phosphoric ester groups is 2. The lowest BCUT2D eigenvalue weighted by Gasteiger charge is -2.21. The molecule has 96 heavy (non-hydrogen) atoms. The number of hydrogen-bond acceptors (Lipinski definition) is 15. The fourth-order valence-corrected chi connectivity index (χ4v) is 13.4. The fourth-order valence-electron chi connectivity index (χ4n) is 11.8. The van der Waals surface area contributed by atoms with Gasteiger partial charge in [0.05, 0.1) is 26.4 Å². The van der Waals surface area contributed by atoms with E-state index < -0.39 is 97.5 Å². The van der Waals surface area contributed by atoms with Crippen molar-refractivity contribution in [3.8, 4) is 0 Å². The Labute approximate surface area is 588 Å². The third-order valence-corrected chi connectivity index (χ3v) is 19.9. The van der Waals surface area contributed by atoms with E-state index in [0.717, 1.165) is 102 Å². The van der Waals surface area contributed by atoms with Gasteiger partial charge in [0.25, 0.3) is 0 Å². The lowest BCUT2D eigenvalue weighted by atomic mass is 10.0. The fraction of sp³-hybridized carbons (Fsp3) is 0.948. The Morgan fingerprint density at radius 3 is 0.708 bits per heavy atom. The maximum atomic E-state index is 13.1. The van der Waals surface area contributed by atoms with Crippen molar-refractivity contribution in [3.05, 3.63) is 0 Å². The summed E-state index contributed by atoms with van der Waals surface area (Å²) < 4.78 is 68.5. The molecular weight excluding hydrogens is 1260 g/mol. The lowest BCUT2D eigenvalue weighted by Crippen LogP contribution is -2.30. The Morgan fingerprint density at radius 2 is 0.479 bits per heavy atom. The van der Waals surface area contributed by atoms with E-state index in [1.54, 1.807) is 0 Å². The Kier molecular flexibility index (Phi) is 67.4. The molecule has 0 saturated carbocycles. The number of phosphoric acid groups is 2. The maximum absolute atomic E-state index is 13.1. The van der Waals surface area contributed by atoms with Crippen molar-refractivity contribution in [2.45, 2.75) is 419 Å². The highest BCUT2D eigenvalue weighted by Crippen LogP contribution is 2.45. The smallest absolute Gasteiger partial charge is 0.462 e. The van der Waals surface area contributed by atoms with Gasteiger partial charge in [-0.2, -0.15) is 0 Å². The predicted octanol–water partition coefficient (Wildman–Crippen LogP) is 22.7. The van der Waals surface area contributed by atoms with Crippen molar-refractivity contribution in [2.75, 3.05) is 39.6 Å². The number of carbonyl (C=O) groups excluding carboxylic acids is 4. The zero-order chi connectivity index (χ0) is 70.7. The summed E-state index contributed by atoms with van der Waals surface area (Å²) in [4.78, 5) is 72.8. The molecule has 0 radical (unpaired) electrons. The summed E-state index contributed by atoms with van der Waals surface area (Å²) in [6, 6.07) is 0. The topological polar surface area (TPSA) is 237 Å². The first-order valence-corrected chi connectivity index (χ1v) is 43.0. The molecule has 0 saturated heterocycles. The van der Waals surface area contributed by atoms with Gasteiger partial charge in [-0.1, -0.05) is 350 Å². The second-order valence-electron chi connectivity index (χ2n) is 28.7. The van der Waals surface area contributed by atoms with Crippen LogP contribution in [0.5, 0.6) is 0 Å². The lowest BCUT2D eigenvalue weighted by molar-refractivity contribution is -0.161. The van der Waals surface area contributed by atoms with Crippen molar-refractivity contribution in [3.63, 3.8) is 0 Å². The van der Waals surface area contributed by atoms with Crippen LogP contribution in [0.3, 0.4) is 0 Å². The molecule has 0 spiro atoms. The van der Waals surface area contributed by atoms with Crippen LogP contribution in [0.15, 0.2) is 0 Å². The molecule has 0 aromatic heterocycles. The minimum Gasteiger partial charge on any atom is -0.462 e. The summed E-state index contributed by atoms with van der Waals surface area (Å²) in [5.41, 5.74) is 0. The first-order valence-electron chi connectivity index (χ1n) is 40.0. The van der Waals surface area contributed by atoms with Gasteiger partial charge in [-0.3, -0.25) is 37.3 Å². The molecule has 5 atom stereocenters. The van der Waals surface area contributed by atoms with Gasteiger partial charge in [-0.25, -0.2) is 9.13 Å². The summed E-state index contributed by atoms with van der Waals surface area (Å²) in [6.07, 6.45) is 56.8. The van der Waals surface area contributed by atoms with Crippen LogP contribution >= 0.6 is 15.6 Å². The van der Waals surface area contributed by atoms with Gasteiger partial charge in [0.2, 0.25) is 0 Å². The van der Waals surface area contributed by atoms with Crippen LogP contribution in [-0.4, -0.2) is 96.7 Å². The van der Waals surface area contributed by atoms with E-state index in [4.69, 9.17) is 37.0 Å². The second-order valence-corrected chi connectivity index (χ2v) is 31.6. The highest BCUT2D eigenvalue weighted by molar-refractivity contribution is 7.47. The molecule has 2 unspecified atom stereocenters. The summed E-state index contributed by atoms with van der Waals surface area (Å²) in [7, 11) is -9.91. The normalized spacial score (nSPS) is 14.0. The number of rotatable bonds is 76. The van der Waals surface area contributed by atoms with Crippen molar-refractivity contribution in [2.24, 2.45) is 11.8 Å². The first-order chi connectivity index (χ1) is 46.4. The molecule has 0 aliphatic rings. The molecule has 3 N–H and O–H groups in total. The van der Waals surface area contributed by atoms with Crippen LogP contribution in [0, 0.1) is 11.8 Å². The van der Waals surface area contributed by atoms with Gasteiger partial charge in [-0.15, -0.1) is 0 Å². The maximum Gasteiger partial charge on any atom is 0.472 e. The van der Waals surface area contributed by atoms with Crippen LogP contribution in [0.4, 0.5) is 0 Å². The Balaban J connectivity index is 5.22. The summed E-state index contributed by atoms with van der Waals surface area (Å²) >= 11 is 0. The SMILES string of the molecule is CCCCCCCCCCCCCCCCC(=O)O[C@H](COC(=O)CCCCCCCCCCC)COP(=O)(O)OC[C@H](O)COP(=O)(O)OC[C@@H](COC(=O)CCCCCCCCCCCCCC(C)C)OC(=O)CCCCCCCCCCCCCCCCCCC(C)C. The van der Waals surface area contributed by atoms with Crippen molar-refractivity contribution in [1.82, 2.24) is 0 Å². The summed E-state index contributed by atoms with van der Waals surface area (Å²) in [5, 5.41) is 10.6. The average Bonchev–Trinajstić information content (AvgIpc) is 1.20. The first kappa shape index (κ1) is 94.1. The third-order valence-electron chi connectivity index (χ3n) is 18.0. The van der Waals surface area contributed by atoms with E-state index in [2.05, 4.69) is 41.5 Å². The predicted molar refractivity (Wildman–Crippen MR) is 391 cm³/mol. The van der Waals surface area contributed by atoms with Crippen LogP contribution in [-0.2, 0) is 65.4 Å². The highest BCUT2D eigenvalue weighted by Gasteiger charge is 2.30. The van der Waals surface area contributed by atoms with E-state index in [1.165, 1.54) is 218 Å². The van der Waals surface area contributed by atoms with Crippen molar-refractivity contribution < 1.29 is 80.2 Å². The molecule has 0 aromatic carbocycles. The molecule has 0 bridgehead atoms. The summed E-state index contributed by atoms with van der Waals surface area (Å²) in [6.45, 7) is 9.63. The average molecular weight is 1410 g/mol. The number of unbranched alkanes of at least 4 members (excludes halogenated alkanes) is 46. The molecular formula is C77H150O17P2. The number of aliphatic hydroxyl groups is 1. The van der Waals surface area contributed by atoms with Gasteiger partial charge in [-0.05, 0) is 37.5 Å². The zero-order valence-electron chi connectivity index (χ0n) is 62.7. The number of hydrogen-bond donors (Lipinski definition) is 3. The Bertz CT molecular complexity index is 1860. The molecule has 0 amide bonds. The Hall–Kier alpha value is -1.94. The van der Waals surface area contributed by atoms with Gasteiger partial charge in [0.1, 0.15) is 19.3 Å². The van der Waals surface area contributed by atoms with Gasteiger partial charge >= 0.3 is 39.5 Å². The molecule has 17 nitrogen and oxygen atoms in total. The molecule has 0 aliphatic heterocycles. The van der Waals surface area contributed by atoms with Crippen molar-refractivity contribution in [1.29, 1.82) is 0 Å². The van der Waals surface area contributed by atoms with Gasteiger partial charge in [0, 0.05) is 25.7 Å². The summed E-state index contributed by atoms with van der Waals surface area (Å²) in [5.74, 6) is -0.533. The van der Waals surface area contributed by atoms with Gasteiger partial charge < -0.3 is 33.8 Å². The molecule has 0 aromatic rings. The van der Waals surface area contributed by atoms with Crippen LogP contribution in [0.1, 0.15) is 401 Å². The monoisotopic (exact) mass is 1410 g/mol. The second kappa shape index (κ2) is 68.8. The van der Waals surface area contributed by atoms with Crippen LogP contribution < -0.4 is 0 Å². The van der Waals surface area contributed by atoms with E-state index in [1.807, 2.05) is 0 Å². The molecule has 0 fully saturated rings. The van der Waals surface area contributed by atoms with E-state index in [-0.39, 0.29) is 25.7 Å². The quantitative estimate of drug-likeness (QED) is 0.0222. The minimum atomic E-state index is -4.96. The van der Waals surface area contributed by atoms with Crippen LogP contribution in [0.2, 0.25) is 0 Å².